The summed E-state index contributed by atoms with van der Waals surface area (Å²) in [4.78, 5) is 29.1. The first-order valence-electron chi connectivity index (χ1n) is 7.35. The van der Waals surface area contributed by atoms with Crippen LogP contribution >= 0.6 is 0 Å². The van der Waals surface area contributed by atoms with Crippen LogP contribution in [0, 0.1) is 11.9 Å². The number of carbonyl (C=O) groups is 2. The van der Waals surface area contributed by atoms with E-state index in [-0.39, 0.29) is 29.3 Å². The minimum absolute atomic E-state index is 0.0120. The van der Waals surface area contributed by atoms with Gasteiger partial charge in [0.25, 0.3) is 5.91 Å². The topological polar surface area (TPSA) is 62.3 Å². The van der Waals surface area contributed by atoms with E-state index < -0.39 is 5.95 Å². The molecule has 1 aromatic heterocycles. The van der Waals surface area contributed by atoms with Gasteiger partial charge in [-0.15, -0.1) is 0 Å². The summed E-state index contributed by atoms with van der Waals surface area (Å²) in [6, 6.07) is 3.13. The average molecular weight is 291 g/mol. The highest BCUT2D eigenvalue weighted by Gasteiger charge is 2.32. The van der Waals surface area contributed by atoms with E-state index in [1.807, 2.05) is 0 Å². The fraction of sp³-hybridized carbons (Fsp3) is 0.533. The van der Waals surface area contributed by atoms with Gasteiger partial charge in [0.15, 0.2) is 0 Å². The molecule has 0 atom stereocenters. The van der Waals surface area contributed by atoms with Gasteiger partial charge >= 0.3 is 0 Å². The first-order valence-corrected chi connectivity index (χ1v) is 7.35. The quantitative estimate of drug-likeness (QED) is 0.855. The third-order valence-corrected chi connectivity index (χ3v) is 4.07. The molecule has 21 heavy (non-hydrogen) atoms. The van der Waals surface area contributed by atoms with Gasteiger partial charge < -0.3 is 10.2 Å². The van der Waals surface area contributed by atoms with Crippen molar-refractivity contribution in [3.8, 4) is 0 Å². The number of piperidine rings is 1. The molecule has 2 heterocycles. The maximum Gasteiger partial charge on any atom is 0.258 e. The molecular weight excluding hydrogens is 273 g/mol. The molecule has 0 spiro atoms. The Morgan fingerprint density at radius 1 is 1.24 bits per heavy atom. The summed E-state index contributed by atoms with van der Waals surface area (Å²) in [5.74, 6) is -0.716. The van der Waals surface area contributed by atoms with E-state index in [1.54, 1.807) is 11.0 Å². The lowest BCUT2D eigenvalue weighted by molar-refractivity contribution is -0.123. The standard InChI is InChI=1S/C15H18FN3O2/c16-13-12(2-1-7-17-13)15(21)19-8-5-11(6-9-19)18-14(20)10-3-4-10/h1-2,7,10-11H,3-6,8-9H2,(H,18,20). The fourth-order valence-corrected chi connectivity index (χ4v) is 2.61. The normalized spacial score (nSPS) is 19.4. The number of nitrogens with one attached hydrogen (secondary N) is 1. The molecule has 1 aromatic rings. The molecule has 2 aliphatic rings. The molecule has 3 rings (SSSR count). The number of pyridine rings is 1. The molecule has 0 bridgehead atoms. The van der Waals surface area contributed by atoms with Crippen molar-refractivity contribution in [2.24, 2.45) is 5.92 Å². The fourth-order valence-electron chi connectivity index (χ4n) is 2.61. The van der Waals surface area contributed by atoms with Gasteiger partial charge in [-0.05, 0) is 37.8 Å². The lowest BCUT2D eigenvalue weighted by Crippen LogP contribution is -2.47. The highest BCUT2D eigenvalue weighted by molar-refractivity contribution is 5.94. The lowest BCUT2D eigenvalue weighted by Gasteiger charge is -2.32. The lowest BCUT2D eigenvalue weighted by atomic mass is 10.0. The minimum Gasteiger partial charge on any atom is -0.353 e. The number of hydrogen-bond acceptors (Lipinski definition) is 3. The van der Waals surface area contributed by atoms with Crippen LogP contribution < -0.4 is 5.32 Å². The van der Waals surface area contributed by atoms with Gasteiger partial charge in [0.2, 0.25) is 11.9 Å². The van der Waals surface area contributed by atoms with Crippen molar-refractivity contribution in [1.82, 2.24) is 15.2 Å². The number of carbonyl (C=O) groups excluding carboxylic acids is 2. The summed E-state index contributed by atoms with van der Waals surface area (Å²) in [5.41, 5.74) is 0.0120. The zero-order valence-electron chi connectivity index (χ0n) is 11.7. The van der Waals surface area contributed by atoms with E-state index in [1.165, 1.54) is 12.3 Å². The van der Waals surface area contributed by atoms with E-state index >= 15 is 0 Å². The summed E-state index contributed by atoms with van der Waals surface area (Å²) in [5, 5.41) is 3.03. The molecule has 2 fully saturated rings. The third kappa shape index (κ3) is 3.20. The average Bonchev–Trinajstić information content (AvgIpc) is 3.32. The summed E-state index contributed by atoms with van der Waals surface area (Å²) in [6.07, 6.45) is 4.73. The third-order valence-electron chi connectivity index (χ3n) is 4.07. The van der Waals surface area contributed by atoms with Crippen molar-refractivity contribution in [2.75, 3.05) is 13.1 Å². The van der Waals surface area contributed by atoms with Crippen molar-refractivity contribution in [3.63, 3.8) is 0 Å². The summed E-state index contributed by atoms with van der Waals surface area (Å²) in [6.45, 7) is 1.06. The van der Waals surface area contributed by atoms with Crippen LogP contribution in [0.2, 0.25) is 0 Å². The number of amides is 2. The highest BCUT2D eigenvalue weighted by Crippen LogP contribution is 2.29. The predicted octanol–water partition coefficient (Wildman–Crippen LogP) is 1.35. The Bertz CT molecular complexity index is 552. The van der Waals surface area contributed by atoms with E-state index in [4.69, 9.17) is 0 Å². The molecule has 1 saturated heterocycles. The SMILES string of the molecule is O=C(NC1CCN(C(=O)c2cccnc2F)CC1)C1CC1. The van der Waals surface area contributed by atoms with Crippen LogP contribution in [0.25, 0.3) is 0 Å². The van der Waals surface area contributed by atoms with Crippen LogP contribution in [0.5, 0.6) is 0 Å². The second-order valence-corrected chi connectivity index (χ2v) is 5.69. The molecule has 6 heteroatoms. The van der Waals surface area contributed by atoms with Crippen LogP contribution in [0.3, 0.4) is 0 Å². The Kier molecular flexibility index (Phi) is 3.86. The van der Waals surface area contributed by atoms with Crippen LogP contribution in [0.4, 0.5) is 4.39 Å². The molecule has 1 aliphatic heterocycles. The molecule has 0 unspecified atom stereocenters. The van der Waals surface area contributed by atoms with Gasteiger partial charge in [-0.2, -0.15) is 4.39 Å². The molecule has 0 aromatic carbocycles. The zero-order valence-corrected chi connectivity index (χ0v) is 11.7. The molecule has 1 saturated carbocycles. The Balaban J connectivity index is 1.54. The van der Waals surface area contributed by atoms with Crippen molar-refractivity contribution in [3.05, 3.63) is 29.8 Å². The predicted molar refractivity (Wildman–Crippen MR) is 74.0 cm³/mol. The van der Waals surface area contributed by atoms with Crippen LogP contribution in [0.15, 0.2) is 18.3 Å². The Morgan fingerprint density at radius 3 is 2.57 bits per heavy atom. The maximum absolute atomic E-state index is 13.5. The van der Waals surface area contributed by atoms with E-state index in [2.05, 4.69) is 10.3 Å². The first-order chi connectivity index (χ1) is 10.1. The second-order valence-electron chi connectivity index (χ2n) is 5.69. The molecule has 2 amide bonds. The number of hydrogen-bond donors (Lipinski definition) is 1. The Labute approximate surface area is 122 Å². The molecule has 1 aliphatic carbocycles. The van der Waals surface area contributed by atoms with Crippen LogP contribution in [-0.2, 0) is 4.79 Å². The number of aromatic nitrogens is 1. The van der Waals surface area contributed by atoms with E-state index in [0.717, 1.165) is 12.8 Å². The first kappa shape index (κ1) is 14.0. The molecular formula is C15H18FN3O2. The van der Waals surface area contributed by atoms with E-state index in [0.29, 0.717) is 25.9 Å². The van der Waals surface area contributed by atoms with Crippen molar-refractivity contribution < 1.29 is 14.0 Å². The van der Waals surface area contributed by atoms with Crippen LogP contribution in [0.1, 0.15) is 36.0 Å². The van der Waals surface area contributed by atoms with Gasteiger partial charge in [-0.1, -0.05) is 0 Å². The Morgan fingerprint density at radius 2 is 1.95 bits per heavy atom. The van der Waals surface area contributed by atoms with Crippen molar-refractivity contribution >= 4 is 11.8 Å². The number of halogens is 1. The van der Waals surface area contributed by atoms with E-state index in [9.17, 15) is 14.0 Å². The largest absolute Gasteiger partial charge is 0.353 e. The monoisotopic (exact) mass is 291 g/mol. The Hall–Kier alpha value is -1.98. The molecule has 0 radical (unpaired) electrons. The zero-order chi connectivity index (χ0) is 14.8. The van der Waals surface area contributed by atoms with Gasteiger partial charge in [-0.3, -0.25) is 9.59 Å². The van der Waals surface area contributed by atoms with Crippen molar-refractivity contribution in [2.45, 2.75) is 31.7 Å². The minimum atomic E-state index is -0.730. The second kappa shape index (κ2) is 5.79. The van der Waals surface area contributed by atoms with Gasteiger partial charge in [0.05, 0.1) is 5.56 Å². The van der Waals surface area contributed by atoms with Crippen molar-refractivity contribution in [1.29, 1.82) is 0 Å². The van der Waals surface area contributed by atoms with Crippen LogP contribution in [-0.4, -0.2) is 40.8 Å². The number of rotatable bonds is 3. The summed E-state index contributed by atoms with van der Waals surface area (Å²) >= 11 is 0. The van der Waals surface area contributed by atoms with Gasteiger partial charge in [0, 0.05) is 31.2 Å². The summed E-state index contributed by atoms with van der Waals surface area (Å²) in [7, 11) is 0. The number of likely N-dealkylation sites (tertiary alicyclic amines) is 1. The molecule has 112 valence electrons. The highest BCUT2D eigenvalue weighted by atomic mass is 19.1. The smallest absolute Gasteiger partial charge is 0.258 e. The maximum atomic E-state index is 13.5. The molecule has 1 N–H and O–H groups in total. The molecule has 5 nitrogen and oxygen atoms in total. The van der Waals surface area contributed by atoms with Gasteiger partial charge in [0.1, 0.15) is 0 Å². The van der Waals surface area contributed by atoms with Gasteiger partial charge in [-0.25, -0.2) is 4.98 Å². The summed E-state index contributed by atoms with van der Waals surface area (Å²) < 4.78 is 13.5. The number of nitrogens with zero attached hydrogens (tertiary/aromatic N) is 2.